The van der Waals surface area contributed by atoms with E-state index >= 15 is 0 Å². The molecule has 0 aromatic heterocycles. The number of hydrogen-bond acceptors (Lipinski definition) is 2. The molecule has 4 aromatic carbocycles. The third-order valence-electron chi connectivity index (χ3n) is 7.78. The number of benzene rings is 4. The summed E-state index contributed by atoms with van der Waals surface area (Å²) < 4.78 is 88.7. The van der Waals surface area contributed by atoms with Gasteiger partial charge in [-0.05, 0) is 34.2 Å². The molecule has 2 nitrogen and oxygen atoms in total. The van der Waals surface area contributed by atoms with Crippen LogP contribution in [0.4, 0.5) is 26.3 Å². The van der Waals surface area contributed by atoms with E-state index in [0.717, 1.165) is 28.8 Å². The van der Waals surface area contributed by atoms with Gasteiger partial charge < -0.3 is 4.74 Å². The second-order valence-corrected chi connectivity index (χ2v) is 9.84. The Bertz CT molecular complexity index is 1320. The van der Waals surface area contributed by atoms with Crippen LogP contribution in [-0.2, 0) is 28.8 Å². The summed E-state index contributed by atoms with van der Waals surface area (Å²) in [6.07, 6.45) is -11.0. The minimum absolute atomic E-state index is 0.122. The van der Waals surface area contributed by atoms with Crippen LogP contribution in [0.3, 0.4) is 0 Å². The molecule has 5 rings (SSSR count). The van der Waals surface area contributed by atoms with Crippen molar-refractivity contribution in [1.82, 2.24) is 4.90 Å². The average molecular weight is 556 g/mol. The Labute approximate surface area is 228 Å². The van der Waals surface area contributed by atoms with Gasteiger partial charge in [0, 0.05) is 25.8 Å². The van der Waals surface area contributed by atoms with Gasteiger partial charge in [0.2, 0.25) is 0 Å². The number of rotatable bonds is 6. The van der Waals surface area contributed by atoms with Crippen LogP contribution in [0.15, 0.2) is 109 Å². The second-order valence-electron chi connectivity index (χ2n) is 9.84. The van der Waals surface area contributed by atoms with Crippen molar-refractivity contribution in [3.8, 4) is 0 Å². The van der Waals surface area contributed by atoms with Crippen molar-refractivity contribution in [3.05, 3.63) is 143 Å². The number of hydrogen-bond donors (Lipinski definition) is 0. The Morgan fingerprint density at radius 2 is 1.02 bits per heavy atom. The molecule has 0 fully saturated rings. The minimum Gasteiger partial charge on any atom is -0.357 e. The molecule has 0 bridgehead atoms. The number of fused-ring (bicyclic) bond motifs is 1. The topological polar surface area (TPSA) is 12.5 Å². The second kappa shape index (κ2) is 10.4. The van der Waals surface area contributed by atoms with E-state index in [1.54, 1.807) is 0 Å². The Hall–Kier alpha value is -3.62. The average Bonchev–Trinajstić information content (AvgIpc) is 2.94. The normalized spacial score (nSPS) is 15.1. The van der Waals surface area contributed by atoms with Gasteiger partial charge in [-0.2, -0.15) is 26.3 Å². The van der Waals surface area contributed by atoms with Gasteiger partial charge in [0.1, 0.15) is 0 Å². The van der Waals surface area contributed by atoms with Crippen LogP contribution >= 0.6 is 0 Å². The summed E-state index contributed by atoms with van der Waals surface area (Å²) in [5, 5.41) is 0. The Balaban J connectivity index is 1.71. The fourth-order valence-electron chi connectivity index (χ4n) is 5.99. The maximum absolute atomic E-state index is 14.1. The van der Waals surface area contributed by atoms with Crippen molar-refractivity contribution >= 4 is 0 Å². The first kappa shape index (κ1) is 27.9. The summed E-state index contributed by atoms with van der Waals surface area (Å²) in [7, 11) is 0.442. The SMILES string of the molecule is COC(c1ccc2c(c1)CN(C(c1ccccc1)(c1ccccc1)c1ccccc1)CC2)(C(F)(F)F)C(F)(F)F. The summed E-state index contributed by atoms with van der Waals surface area (Å²) in [6, 6.07) is 32.5. The number of ether oxygens (including phenoxy) is 1. The molecule has 0 spiro atoms. The minimum atomic E-state index is -5.72. The first-order valence-corrected chi connectivity index (χ1v) is 12.8. The summed E-state index contributed by atoms with van der Waals surface area (Å²) >= 11 is 0. The van der Waals surface area contributed by atoms with E-state index in [1.807, 2.05) is 91.0 Å². The molecule has 0 N–H and O–H groups in total. The predicted molar refractivity (Wildman–Crippen MR) is 141 cm³/mol. The first-order valence-electron chi connectivity index (χ1n) is 12.8. The molecule has 1 aliphatic rings. The molecule has 0 aliphatic carbocycles. The van der Waals surface area contributed by atoms with E-state index in [1.165, 1.54) is 6.07 Å². The van der Waals surface area contributed by atoms with Gasteiger partial charge in [0.05, 0.1) is 5.54 Å². The van der Waals surface area contributed by atoms with Crippen molar-refractivity contribution in [2.75, 3.05) is 13.7 Å². The quantitative estimate of drug-likeness (QED) is 0.177. The van der Waals surface area contributed by atoms with E-state index < -0.39 is 29.1 Å². The van der Waals surface area contributed by atoms with E-state index in [0.29, 0.717) is 31.2 Å². The van der Waals surface area contributed by atoms with Crippen LogP contribution in [0.5, 0.6) is 0 Å². The zero-order valence-corrected chi connectivity index (χ0v) is 21.6. The lowest BCUT2D eigenvalue weighted by Gasteiger charge is -2.48. The van der Waals surface area contributed by atoms with Gasteiger partial charge in [-0.3, -0.25) is 4.90 Å². The molecule has 208 valence electrons. The van der Waals surface area contributed by atoms with Crippen LogP contribution in [0.1, 0.15) is 33.4 Å². The molecule has 0 amide bonds. The highest BCUT2D eigenvalue weighted by molar-refractivity contribution is 5.51. The highest BCUT2D eigenvalue weighted by Crippen LogP contribution is 2.53. The molecule has 4 aromatic rings. The highest BCUT2D eigenvalue weighted by atomic mass is 19.4. The lowest BCUT2D eigenvalue weighted by Crippen LogP contribution is -2.55. The molecule has 0 unspecified atom stereocenters. The maximum atomic E-state index is 14.1. The summed E-state index contributed by atoms with van der Waals surface area (Å²) in [5.74, 6) is 0. The van der Waals surface area contributed by atoms with Gasteiger partial charge in [0.15, 0.2) is 0 Å². The summed E-state index contributed by atoms with van der Waals surface area (Å²) in [6.45, 7) is 0.649. The maximum Gasteiger partial charge on any atom is 0.430 e. The Morgan fingerprint density at radius 1 is 0.575 bits per heavy atom. The van der Waals surface area contributed by atoms with Crippen LogP contribution in [-0.4, -0.2) is 30.9 Å². The van der Waals surface area contributed by atoms with E-state index in [9.17, 15) is 26.3 Å². The van der Waals surface area contributed by atoms with E-state index in [4.69, 9.17) is 0 Å². The monoisotopic (exact) mass is 555 g/mol. The van der Waals surface area contributed by atoms with Gasteiger partial charge >= 0.3 is 12.4 Å². The molecule has 1 aliphatic heterocycles. The fraction of sp³-hybridized carbons (Fsp3) is 0.250. The predicted octanol–water partition coefficient (Wildman–Crippen LogP) is 8.00. The standard InChI is InChI=1S/C32H27F6NO/c1-40-30(31(33,34)35,32(36,37)38)28-18-17-23-19-20-39(22-24(23)21-28)29(25-11-5-2-6-12-25,26-13-7-3-8-14-26)27-15-9-4-10-16-27/h2-18,21H,19-20,22H2,1H3. The Morgan fingerprint density at radius 3 is 1.43 bits per heavy atom. The van der Waals surface area contributed by atoms with E-state index in [2.05, 4.69) is 9.64 Å². The zero-order valence-electron chi connectivity index (χ0n) is 21.6. The third-order valence-corrected chi connectivity index (χ3v) is 7.78. The lowest BCUT2D eigenvalue weighted by atomic mass is 9.74. The smallest absolute Gasteiger partial charge is 0.357 e. The fourth-order valence-corrected chi connectivity index (χ4v) is 5.99. The summed E-state index contributed by atoms with van der Waals surface area (Å²) in [4.78, 5) is 2.13. The highest BCUT2D eigenvalue weighted by Gasteiger charge is 2.73. The molecule has 40 heavy (non-hydrogen) atoms. The lowest BCUT2D eigenvalue weighted by molar-refractivity contribution is -0.383. The molecule has 0 atom stereocenters. The van der Waals surface area contributed by atoms with Crippen molar-refractivity contribution < 1.29 is 31.1 Å². The zero-order chi connectivity index (χ0) is 28.6. The molecular formula is C32H27F6NO. The van der Waals surface area contributed by atoms with Crippen LogP contribution < -0.4 is 0 Å². The van der Waals surface area contributed by atoms with E-state index in [-0.39, 0.29) is 6.54 Å². The Kier molecular flexibility index (Phi) is 7.27. The summed E-state index contributed by atoms with van der Waals surface area (Å²) in [5.41, 5.74) is -2.38. The van der Waals surface area contributed by atoms with Crippen LogP contribution in [0.2, 0.25) is 0 Å². The molecule has 1 heterocycles. The largest absolute Gasteiger partial charge is 0.430 e. The number of halogens is 6. The third kappa shape index (κ3) is 4.39. The first-order chi connectivity index (χ1) is 19.1. The molecule has 0 saturated carbocycles. The van der Waals surface area contributed by atoms with Crippen molar-refractivity contribution in [1.29, 1.82) is 0 Å². The number of methoxy groups -OCH3 is 1. The number of alkyl halides is 6. The van der Waals surface area contributed by atoms with Crippen LogP contribution in [0.25, 0.3) is 0 Å². The molecular weight excluding hydrogens is 528 g/mol. The van der Waals surface area contributed by atoms with Crippen molar-refractivity contribution in [2.45, 2.75) is 36.5 Å². The molecule has 0 saturated heterocycles. The van der Waals surface area contributed by atoms with Gasteiger partial charge in [0.25, 0.3) is 5.60 Å². The molecule has 8 heteroatoms. The van der Waals surface area contributed by atoms with Crippen molar-refractivity contribution in [3.63, 3.8) is 0 Å². The van der Waals surface area contributed by atoms with Crippen molar-refractivity contribution in [2.24, 2.45) is 0 Å². The van der Waals surface area contributed by atoms with Gasteiger partial charge in [-0.1, -0.05) is 109 Å². The van der Waals surface area contributed by atoms with Gasteiger partial charge in [-0.15, -0.1) is 0 Å². The van der Waals surface area contributed by atoms with Crippen LogP contribution in [0, 0.1) is 0 Å². The molecule has 0 radical (unpaired) electrons. The number of nitrogens with zero attached hydrogens (tertiary/aromatic N) is 1. The van der Waals surface area contributed by atoms with Gasteiger partial charge in [-0.25, -0.2) is 0 Å².